The van der Waals surface area contributed by atoms with Gasteiger partial charge in [-0.25, -0.2) is 4.98 Å². The van der Waals surface area contributed by atoms with Gasteiger partial charge in [0.15, 0.2) is 0 Å². The number of hydrogen-bond donors (Lipinski definition) is 1. The molecule has 0 bridgehead atoms. The van der Waals surface area contributed by atoms with Crippen LogP contribution in [-0.2, 0) is 13.0 Å². The number of carbonyl (C=O) groups is 1. The Labute approximate surface area is 129 Å². The Morgan fingerprint density at radius 1 is 1.38 bits per heavy atom. The normalized spacial score (nSPS) is 10.6. The van der Waals surface area contributed by atoms with Crippen LogP contribution in [0.2, 0.25) is 0 Å². The van der Waals surface area contributed by atoms with Gasteiger partial charge in [0, 0.05) is 22.7 Å². The second kappa shape index (κ2) is 7.22. The third-order valence-electron chi connectivity index (χ3n) is 3.25. The SMILES string of the molecule is CCCc1cc(C(=O)N(CC)Cc2cccs2)cc(N)n1. The fourth-order valence-corrected chi connectivity index (χ4v) is 2.94. The third-order valence-corrected chi connectivity index (χ3v) is 4.11. The van der Waals surface area contributed by atoms with Gasteiger partial charge in [0.2, 0.25) is 0 Å². The minimum absolute atomic E-state index is 0.0114. The van der Waals surface area contributed by atoms with E-state index in [1.165, 1.54) is 4.88 Å². The molecule has 2 aromatic heterocycles. The van der Waals surface area contributed by atoms with E-state index in [1.54, 1.807) is 17.4 Å². The van der Waals surface area contributed by atoms with Gasteiger partial charge in [0.25, 0.3) is 5.91 Å². The number of nitrogens with two attached hydrogens (primary N) is 1. The smallest absolute Gasteiger partial charge is 0.254 e. The minimum Gasteiger partial charge on any atom is -0.384 e. The van der Waals surface area contributed by atoms with Crippen molar-refractivity contribution in [3.8, 4) is 0 Å². The largest absolute Gasteiger partial charge is 0.384 e. The molecule has 0 aromatic carbocycles. The van der Waals surface area contributed by atoms with Crippen LogP contribution < -0.4 is 5.73 Å². The summed E-state index contributed by atoms with van der Waals surface area (Å²) in [6, 6.07) is 7.57. The molecule has 112 valence electrons. The number of aromatic nitrogens is 1. The van der Waals surface area contributed by atoms with Gasteiger partial charge in [0.1, 0.15) is 5.82 Å². The number of amides is 1. The summed E-state index contributed by atoms with van der Waals surface area (Å²) in [5.74, 6) is 0.425. The van der Waals surface area contributed by atoms with Crippen LogP contribution in [0.15, 0.2) is 29.6 Å². The molecule has 2 heterocycles. The Balaban J connectivity index is 2.20. The number of rotatable bonds is 6. The summed E-state index contributed by atoms with van der Waals surface area (Å²) in [4.78, 5) is 19.9. The van der Waals surface area contributed by atoms with Crippen LogP contribution in [0, 0.1) is 0 Å². The van der Waals surface area contributed by atoms with Crippen LogP contribution in [0.4, 0.5) is 5.82 Å². The highest BCUT2D eigenvalue weighted by molar-refractivity contribution is 7.09. The highest BCUT2D eigenvalue weighted by Crippen LogP contribution is 2.16. The zero-order valence-corrected chi connectivity index (χ0v) is 13.3. The molecule has 21 heavy (non-hydrogen) atoms. The van der Waals surface area contributed by atoms with E-state index in [0.717, 1.165) is 18.5 Å². The lowest BCUT2D eigenvalue weighted by atomic mass is 10.1. The first kappa shape index (κ1) is 15.5. The van der Waals surface area contributed by atoms with Gasteiger partial charge in [-0.1, -0.05) is 19.4 Å². The summed E-state index contributed by atoms with van der Waals surface area (Å²) < 4.78 is 0. The van der Waals surface area contributed by atoms with Crippen LogP contribution in [0.25, 0.3) is 0 Å². The zero-order chi connectivity index (χ0) is 15.2. The van der Waals surface area contributed by atoms with Gasteiger partial charge >= 0.3 is 0 Å². The van der Waals surface area contributed by atoms with Crippen molar-refractivity contribution >= 4 is 23.1 Å². The quantitative estimate of drug-likeness (QED) is 0.890. The number of aryl methyl sites for hydroxylation is 1. The van der Waals surface area contributed by atoms with Crippen LogP contribution in [0.3, 0.4) is 0 Å². The molecule has 4 nitrogen and oxygen atoms in total. The monoisotopic (exact) mass is 303 g/mol. The van der Waals surface area contributed by atoms with E-state index in [1.807, 2.05) is 35.4 Å². The number of anilines is 1. The van der Waals surface area contributed by atoms with E-state index in [9.17, 15) is 4.79 Å². The van der Waals surface area contributed by atoms with Gasteiger partial charge < -0.3 is 10.6 Å². The molecule has 0 atom stereocenters. The maximum absolute atomic E-state index is 12.7. The van der Waals surface area contributed by atoms with Gasteiger partial charge in [-0.3, -0.25) is 4.79 Å². The first-order valence-electron chi connectivity index (χ1n) is 7.22. The Kier molecular flexibility index (Phi) is 5.33. The van der Waals surface area contributed by atoms with Crippen LogP contribution in [0.5, 0.6) is 0 Å². The van der Waals surface area contributed by atoms with E-state index < -0.39 is 0 Å². The summed E-state index contributed by atoms with van der Waals surface area (Å²) in [6.07, 6.45) is 1.82. The van der Waals surface area contributed by atoms with E-state index in [4.69, 9.17) is 5.73 Å². The summed E-state index contributed by atoms with van der Waals surface area (Å²) in [5.41, 5.74) is 7.34. The Hall–Kier alpha value is -1.88. The molecule has 0 aliphatic rings. The van der Waals surface area contributed by atoms with Crippen molar-refractivity contribution in [3.05, 3.63) is 45.8 Å². The van der Waals surface area contributed by atoms with E-state index in [0.29, 0.717) is 24.5 Å². The van der Waals surface area contributed by atoms with E-state index >= 15 is 0 Å². The van der Waals surface area contributed by atoms with Crippen molar-refractivity contribution in [3.63, 3.8) is 0 Å². The highest BCUT2D eigenvalue weighted by Gasteiger charge is 2.16. The second-order valence-electron chi connectivity index (χ2n) is 4.92. The molecule has 2 rings (SSSR count). The molecular formula is C16H21N3OS. The Bertz CT molecular complexity index is 596. The lowest BCUT2D eigenvalue weighted by Crippen LogP contribution is -2.30. The maximum Gasteiger partial charge on any atom is 0.254 e. The Morgan fingerprint density at radius 2 is 2.19 bits per heavy atom. The molecule has 2 aromatic rings. The maximum atomic E-state index is 12.7. The average Bonchev–Trinajstić information content (AvgIpc) is 2.96. The van der Waals surface area contributed by atoms with Crippen molar-refractivity contribution < 1.29 is 4.79 Å². The number of thiophene rings is 1. The zero-order valence-electron chi connectivity index (χ0n) is 12.5. The molecular weight excluding hydrogens is 282 g/mol. The average molecular weight is 303 g/mol. The molecule has 0 aliphatic carbocycles. The Morgan fingerprint density at radius 3 is 2.81 bits per heavy atom. The second-order valence-corrected chi connectivity index (χ2v) is 5.95. The number of hydrogen-bond acceptors (Lipinski definition) is 4. The molecule has 0 spiro atoms. The molecule has 2 N–H and O–H groups in total. The van der Waals surface area contributed by atoms with Gasteiger partial charge in [-0.15, -0.1) is 11.3 Å². The van der Waals surface area contributed by atoms with Crippen molar-refractivity contribution in [1.29, 1.82) is 0 Å². The van der Waals surface area contributed by atoms with Crippen LogP contribution >= 0.6 is 11.3 Å². The third kappa shape index (κ3) is 4.04. The van der Waals surface area contributed by atoms with Crippen LogP contribution in [-0.4, -0.2) is 22.3 Å². The highest BCUT2D eigenvalue weighted by atomic mass is 32.1. The molecule has 0 fully saturated rings. The van der Waals surface area contributed by atoms with Crippen molar-refractivity contribution in [2.45, 2.75) is 33.2 Å². The van der Waals surface area contributed by atoms with Gasteiger partial charge in [-0.05, 0) is 36.9 Å². The first-order valence-corrected chi connectivity index (χ1v) is 8.10. The molecule has 0 saturated heterocycles. The van der Waals surface area contributed by atoms with Crippen molar-refractivity contribution in [1.82, 2.24) is 9.88 Å². The summed E-state index contributed by atoms with van der Waals surface area (Å²) in [6.45, 7) is 5.38. The first-order chi connectivity index (χ1) is 10.1. The molecule has 0 aliphatic heterocycles. The summed E-state index contributed by atoms with van der Waals surface area (Å²) >= 11 is 1.66. The lowest BCUT2D eigenvalue weighted by molar-refractivity contribution is 0.0754. The minimum atomic E-state index is 0.0114. The molecule has 0 unspecified atom stereocenters. The molecule has 0 radical (unpaired) electrons. The predicted molar refractivity (Wildman–Crippen MR) is 87.4 cm³/mol. The number of nitrogen functional groups attached to an aromatic ring is 1. The topological polar surface area (TPSA) is 59.2 Å². The summed E-state index contributed by atoms with van der Waals surface area (Å²) in [7, 11) is 0. The number of carbonyl (C=O) groups excluding carboxylic acids is 1. The van der Waals surface area contributed by atoms with Crippen molar-refractivity contribution in [2.75, 3.05) is 12.3 Å². The molecule has 1 amide bonds. The van der Waals surface area contributed by atoms with Crippen molar-refractivity contribution in [2.24, 2.45) is 0 Å². The lowest BCUT2D eigenvalue weighted by Gasteiger charge is -2.20. The fraction of sp³-hybridized carbons (Fsp3) is 0.375. The predicted octanol–water partition coefficient (Wildman–Crippen LogP) is 3.34. The number of nitrogens with zero attached hydrogens (tertiary/aromatic N) is 2. The number of pyridine rings is 1. The van der Waals surface area contributed by atoms with Crippen LogP contribution in [0.1, 0.15) is 41.2 Å². The fourth-order valence-electron chi connectivity index (χ4n) is 2.22. The molecule has 5 heteroatoms. The van der Waals surface area contributed by atoms with E-state index in [2.05, 4.69) is 11.9 Å². The van der Waals surface area contributed by atoms with Gasteiger partial charge in [0.05, 0.1) is 6.54 Å². The van der Waals surface area contributed by atoms with E-state index in [-0.39, 0.29) is 5.91 Å². The standard InChI is InChI=1S/C16H21N3OS/c1-3-6-13-9-12(10-15(17)18-13)16(20)19(4-2)11-14-7-5-8-21-14/h5,7-10H,3-4,6,11H2,1-2H3,(H2,17,18). The van der Waals surface area contributed by atoms with Gasteiger partial charge in [-0.2, -0.15) is 0 Å². The summed E-state index contributed by atoms with van der Waals surface area (Å²) in [5, 5.41) is 2.03. The molecule has 0 saturated carbocycles.